The summed E-state index contributed by atoms with van der Waals surface area (Å²) < 4.78 is 11.8. The van der Waals surface area contributed by atoms with Gasteiger partial charge in [0, 0.05) is 32.7 Å². The lowest BCUT2D eigenvalue weighted by molar-refractivity contribution is 0.116. The Morgan fingerprint density at radius 3 is 1.73 bits per heavy atom. The zero-order chi connectivity index (χ0) is 15.9. The Morgan fingerprint density at radius 2 is 1.18 bits per heavy atom. The molecule has 0 radical (unpaired) electrons. The molecule has 0 aliphatic heterocycles. The molecule has 0 unspecified atom stereocenters. The van der Waals surface area contributed by atoms with Crippen LogP contribution in [0.2, 0.25) is 0 Å². The normalized spacial score (nSPS) is 10.5. The molecule has 0 spiro atoms. The van der Waals surface area contributed by atoms with E-state index >= 15 is 0 Å². The molecule has 0 saturated carbocycles. The highest BCUT2D eigenvalue weighted by Crippen LogP contribution is 2.29. The first-order chi connectivity index (χ1) is 10.7. The van der Waals surface area contributed by atoms with Crippen LogP contribution in [0.3, 0.4) is 0 Å². The summed E-state index contributed by atoms with van der Waals surface area (Å²) in [4.78, 5) is 0. The third-order valence-corrected chi connectivity index (χ3v) is 5.12. The largest absolute Gasteiger partial charge is 0.457 e. The van der Waals surface area contributed by atoms with Crippen molar-refractivity contribution in [2.45, 2.75) is 22.9 Å². The van der Waals surface area contributed by atoms with Gasteiger partial charge in [-0.1, -0.05) is 84.2 Å². The minimum atomic E-state index is 0.189. The Morgan fingerprint density at radius 1 is 0.727 bits per heavy atom. The van der Waals surface area contributed by atoms with Crippen LogP contribution in [0.4, 0.5) is 0 Å². The van der Waals surface area contributed by atoms with Crippen LogP contribution >= 0.6 is 47.8 Å². The van der Waals surface area contributed by atoms with Gasteiger partial charge in [-0.15, -0.1) is 0 Å². The topological polar surface area (TPSA) is 18.5 Å². The van der Waals surface area contributed by atoms with Crippen LogP contribution in [-0.2, 0) is 16.0 Å². The Hall–Kier alpha value is -0.520. The van der Waals surface area contributed by atoms with Crippen molar-refractivity contribution >= 4 is 47.8 Å². The molecule has 2 aromatic rings. The van der Waals surface area contributed by atoms with Gasteiger partial charge < -0.3 is 9.47 Å². The van der Waals surface area contributed by atoms with E-state index in [1.807, 2.05) is 43.3 Å². The maximum atomic E-state index is 5.91. The number of aryl methyl sites for hydroxylation is 1. The van der Waals surface area contributed by atoms with E-state index < -0.39 is 0 Å². The van der Waals surface area contributed by atoms with Gasteiger partial charge in [-0.3, -0.25) is 0 Å². The van der Waals surface area contributed by atoms with E-state index in [2.05, 4.69) is 47.8 Å². The lowest BCUT2D eigenvalue weighted by Crippen LogP contribution is -2.10. The van der Waals surface area contributed by atoms with Gasteiger partial charge in [0.15, 0.2) is 0 Å². The maximum absolute atomic E-state index is 5.91. The molecule has 22 heavy (non-hydrogen) atoms. The van der Waals surface area contributed by atoms with Gasteiger partial charge in [0.25, 0.3) is 0 Å². The number of benzene rings is 2. The van der Waals surface area contributed by atoms with E-state index in [1.165, 1.54) is 0 Å². The molecule has 0 bridgehead atoms. The summed E-state index contributed by atoms with van der Waals surface area (Å²) in [6.45, 7) is 2.23. The van der Waals surface area contributed by atoms with Crippen LogP contribution in [0.25, 0.3) is 0 Å². The standard InChI is InChI=1S/C17H17Br3O2/c1-12-4-2-5-13(8-18)16(12)21-11-22-17-14(9-19)6-3-7-15(17)10-20/h2-7H,8-11H2,1H3. The lowest BCUT2D eigenvalue weighted by atomic mass is 10.1. The van der Waals surface area contributed by atoms with E-state index in [-0.39, 0.29) is 6.79 Å². The fourth-order valence-electron chi connectivity index (χ4n) is 2.21. The summed E-state index contributed by atoms with van der Waals surface area (Å²) >= 11 is 10.5. The third-order valence-electron chi connectivity index (χ3n) is 3.31. The van der Waals surface area contributed by atoms with Crippen molar-refractivity contribution in [3.05, 3.63) is 58.7 Å². The molecule has 0 aliphatic carbocycles. The Balaban J connectivity index is 2.12. The molecule has 0 fully saturated rings. The molecule has 0 atom stereocenters. The number of hydrogen-bond acceptors (Lipinski definition) is 2. The van der Waals surface area contributed by atoms with Crippen molar-refractivity contribution in [1.29, 1.82) is 0 Å². The Labute approximate surface area is 156 Å². The third kappa shape index (κ3) is 4.27. The average molecular weight is 493 g/mol. The van der Waals surface area contributed by atoms with E-state index in [0.29, 0.717) is 0 Å². The summed E-state index contributed by atoms with van der Waals surface area (Å²) in [5.41, 5.74) is 4.46. The van der Waals surface area contributed by atoms with Crippen molar-refractivity contribution in [2.75, 3.05) is 6.79 Å². The van der Waals surface area contributed by atoms with E-state index in [9.17, 15) is 0 Å². The van der Waals surface area contributed by atoms with Gasteiger partial charge >= 0.3 is 0 Å². The molecular weight excluding hydrogens is 476 g/mol. The minimum Gasteiger partial charge on any atom is -0.457 e. The molecule has 0 amide bonds. The highest BCUT2D eigenvalue weighted by atomic mass is 79.9. The van der Waals surface area contributed by atoms with Gasteiger partial charge in [-0.25, -0.2) is 0 Å². The maximum Gasteiger partial charge on any atom is 0.230 e. The Bertz CT molecular complexity index is 607. The van der Waals surface area contributed by atoms with Crippen molar-refractivity contribution < 1.29 is 9.47 Å². The van der Waals surface area contributed by atoms with E-state index in [1.54, 1.807) is 0 Å². The zero-order valence-corrected chi connectivity index (χ0v) is 17.0. The number of hydrogen-bond donors (Lipinski definition) is 0. The quantitative estimate of drug-likeness (QED) is 0.343. The van der Waals surface area contributed by atoms with Gasteiger partial charge in [0.1, 0.15) is 11.5 Å². The molecule has 2 aromatic carbocycles. The molecule has 2 nitrogen and oxygen atoms in total. The number of ether oxygens (including phenoxy) is 2. The first-order valence-corrected chi connectivity index (χ1v) is 10.2. The smallest absolute Gasteiger partial charge is 0.230 e. The zero-order valence-electron chi connectivity index (χ0n) is 12.2. The molecule has 0 heterocycles. The second-order valence-electron chi connectivity index (χ2n) is 4.78. The van der Waals surface area contributed by atoms with Crippen molar-refractivity contribution in [1.82, 2.24) is 0 Å². The number of halogens is 3. The molecule has 0 aromatic heterocycles. The molecule has 2 rings (SSSR count). The van der Waals surface area contributed by atoms with Crippen LogP contribution in [0.5, 0.6) is 11.5 Å². The molecule has 0 N–H and O–H groups in total. The lowest BCUT2D eigenvalue weighted by Gasteiger charge is -2.16. The molecule has 0 saturated heterocycles. The Kier molecular flexibility index (Phi) is 7.25. The SMILES string of the molecule is Cc1cccc(CBr)c1OCOc1c(CBr)cccc1CBr. The molecular formula is C17H17Br3O2. The van der Waals surface area contributed by atoms with Gasteiger partial charge in [0.05, 0.1) is 0 Å². The fraction of sp³-hybridized carbons (Fsp3) is 0.294. The van der Waals surface area contributed by atoms with Crippen molar-refractivity contribution in [3.8, 4) is 11.5 Å². The first-order valence-electron chi connectivity index (χ1n) is 6.84. The highest BCUT2D eigenvalue weighted by molar-refractivity contribution is 9.09. The fourth-order valence-corrected chi connectivity index (χ4v) is 3.53. The van der Waals surface area contributed by atoms with Crippen molar-refractivity contribution in [3.63, 3.8) is 0 Å². The summed E-state index contributed by atoms with van der Waals surface area (Å²) in [5, 5.41) is 2.26. The summed E-state index contributed by atoms with van der Waals surface area (Å²) in [5.74, 6) is 1.77. The minimum absolute atomic E-state index is 0.189. The van der Waals surface area contributed by atoms with Crippen LogP contribution in [0.15, 0.2) is 36.4 Å². The van der Waals surface area contributed by atoms with Crippen LogP contribution in [0.1, 0.15) is 22.3 Å². The number of alkyl halides is 3. The van der Waals surface area contributed by atoms with Crippen LogP contribution in [0, 0.1) is 6.92 Å². The average Bonchev–Trinajstić information content (AvgIpc) is 2.56. The molecule has 5 heteroatoms. The number of rotatable bonds is 7. The van der Waals surface area contributed by atoms with Crippen LogP contribution < -0.4 is 9.47 Å². The monoisotopic (exact) mass is 490 g/mol. The molecule has 0 aliphatic rings. The van der Waals surface area contributed by atoms with E-state index in [4.69, 9.17) is 9.47 Å². The second-order valence-corrected chi connectivity index (χ2v) is 6.46. The summed E-state index contributed by atoms with van der Waals surface area (Å²) in [6.07, 6.45) is 0. The van der Waals surface area contributed by atoms with Crippen LogP contribution in [-0.4, -0.2) is 6.79 Å². The first kappa shape index (κ1) is 17.8. The molecule has 118 valence electrons. The van der Waals surface area contributed by atoms with E-state index in [0.717, 1.165) is 49.7 Å². The number of para-hydroxylation sites is 2. The van der Waals surface area contributed by atoms with Crippen molar-refractivity contribution in [2.24, 2.45) is 0 Å². The predicted molar refractivity (Wildman–Crippen MR) is 102 cm³/mol. The summed E-state index contributed by atoms with van der Waals surface area (Å²) in [6, 6.07) is 12.3. The second kappa shape index (κ2) is 8.94. The van der Waals surface area contributed by atoms with Gasteiger partial charge in [-0.05, 0) is 12.5 Å². The highest BCUT2D eigenvalue weighted by Gasteiger charge is 2.10. The van der Waals surface area contributed by atoms with Gasteiger partial charge in [0.2, 0.25) is 6.79 Å². The summed E-state index contributed by atoms with van der Waals surface area (Å²) in [7, 11) is 0. The predicted octanol–water partition coefficient (Wildman–Crippen LogP) is 6.10. The van der Waals surface area contributed by atoms with Gasteiger partial charge in [-0.2, -0.15) is 0 Å².